The smallest absolute Gasteiger partial charge is 0.137 e. The molecule has 0 saturated heterocycles. The van der Waals surface area contributed by atoms with Gasteiger partial charge in [0.25, 0.3) is 0 Å². The summed E-state index contributed by atoms with van der Waals surface area (Å²) in [6, 6.07) is 10.3. The average molecular weight is 343 g/mol. The Balaban J connectivity index is 1.68. The normalized spacial score (nSPS) is 10.6. The number of rotatable bonds is 4. The molecule has 0 amide bonds. The monoisotopic (exact) mass is 342 g/mol. The quantitative estimate of drug-likeness (QED) is 0.780. The van der Waals surface area contributed by atoms with Crippen molar-refractivity contribution >= 4 is 21.6 Å². The minimum atomic E-state index is 0.757. The van der Waals surface area contributed by atoms with Crippen LogP contribution in [0.25, 0.3) is 5.82 Å². The van der Waals surface area contributed by atoms with Crippen LogP contribution in [0.15, 0.2) is 59.7 Å². The number of hydrogen-bond donors (Lipinski definition) is 1. The Morgan fingerprint density at radius 1 is 1.24 bits per heavy atom. The zero-order valence-electron chi connectivity index (χ0n) is 11.6. The minimum Gasteiger partial charge on any atom is -0.380 e. The Bertz CT molecular complexity index is 721. The highest BCUT2D eigenvalue weighted by molar-refractivity contribution is 9.10. The number of aromatic nitrogens is 3. The van der Waals surface area contributed by atoms with E-state index >= 15 is 0 Å². The molecule has 0 aliphatic carbocycles. The van der Waals surface area contributed by atoms with E-state index in [-0.39, 0.29) is 0 Å². The summed E-state index contributed by atoms with van der Waals surface area (Å²) < 4.78 is 3.00. The van der Waals surface area contributed by atoms with Crippen molar-refractivity contribution in [2.75, 3.05) is 5.32 Å². The van der Waals surface area contributed by atoms with Gasteiger partial charge in [-0.15, -0.1) is 0 Å². The maximum Gasteiger partial charge on any atom is 0.137 e. The number of aryl methyl sites for hydroxylation is 1. The summed E-state index contributed by atoms with van der Waals surface area (Å²) in [7, 11) is 0. The molecule has 4 nitrogen and oxygen atoms in total. The Kier molecular flexibility index (Phi) is 4.01. The van der Waals surface area contributed by atoms with Crippen molar-refractivity contribution < 1.29 is 0 Å². The van der Waals surface area contributed by atoms with E-state index in [4.69, 9.17) is 0 Å². The van der Waals surface area contributed by atoms with E-state index in [2.05, 4.69) is 56.3 Å². The van der Waals surface area contributed by atoms with Crippen LogP contribution in [-0.4, -0.2) is 14.5 Å². The molecule has 0 fully saturated rings. The number of halogens is 1. The van der Waals surface area contributed by atoms with Crippen LogP contribution in [0, 0.1) is 6.92 Å². The Morgan fingerprint density at radius 2 is 2.14 bits per heavy atom. The van der Waals surface area contributed by atoms with Gasteiger partial charge >= 0.3 is 0 Å². The highest BCUT2D eigenvalue weighted by atomic mass is 79.9. The SMILES string of the molecule is Cc1ccc(CNc2ccc(-n3ccnc3)nc2)c(Br)c1. The fraction of sp³-hybridized carbons (Fsp3) is 0.125. The van der Waals surface area contributed by atoms with E-state index in [0.717, 1.165) is 22.5 Å². The highest BCUT2D eigenvalue weighted by Gasteiger charge is 2.01. The van der Waals surface area contributed by atoms with Crippen LogP contribution in [0.2, 0.25) is 0 Å². The lowest BCUT2D eigenvalue weighted by molar-refractivity contribution is 0.990. The van der Waals surface area contributed by atoms with Crippen molar-refractivity contribution in [1.82, 2.24) is 14.5 Å². The Labute approximate surface area is 132 Å². The molecule has 3 rings (SSSR count). The highest BCUT2D eigenvalue weighted by Crippen LogP contribution is 2.19. The summed E-state index contributed by atoms with van der Waals surface area (Å²) in [5.74, 6) is 0.856. The average Bonchev–Trinajstić information content (AvgIpc) is 3.01. The molecule has 0 spiro atoms. The minimum absolute atomic E-state index is 0.757. The van der Waals surface area contributed by atoms with Crippen molar-refractivity contribution in [2.45, 2.75) is 13.5 Å². The van der Waals surface area contributed by atoms with E-state index < -0.39 is 0 Å². The van der Waals surface area contributed by atoms with Gasteiger partial charge in [0.15, 0.2) is 0 Å². The zero-order chi connectivity index (χ0) is 14.7. The third kappa shape index (κ3) is 3.31. The van der Waals surface area contributed by atoms with Crippen molar-refractivity contribution in [1.29, 1.82) is 0 Å². The molecule has 0 bridgehead atoms. The Hall–Kier alpha value is -2.14. The molecule has 0 saturated carbocycles. The molecule has 0 atom stereocenters. The van der Waals surface area contributed by atoms with E-state index in [1.165, 1.54) is 11.1 Å². The van der Waals surface area contributed by atoms with Crippen LogP contribution in [0.4, 0.5) is 5.69 Å². The first-order chi connectivity index (χ1) is 10.2. The first-order valence-electron chi connectivity index (χ1n) is 6.66. The van der Waals surface area contributed by atoms with Crippen molar-refractivity contribution in [3.63, 3.8) is 0 Å². The second kappa shape index (κ2) is 6.10. The number of nitrogens with one attached hydrogen (secondary N) is 1. The number of imidazole rings is 1. The molecule has 5 heteroatoms. The van der Waals surface area contributed by atoms with Crippen LogP contribution in [-0.2, 0) is 6.54 Å². The molecule has 0 aliphatic rings. The molecule has 106 valence electrons. The van der Waals surface area contributed by atoms with Gasteiger partial charge in [0.05, 0.1) is 11.9 Å². The first kappa shape index (κ1) is 13.8. The van der Waals surface area contributed by atoms with Crippen LogP contribution >= 0.6 is 15.9 Å². The standard InChI is InChI=1S/C16H15BrN4/c1-12-2-3-13(15(17)8-12)9-19-14-4-5-16(20-10-14)21-7-6-18-11-21/h2-8,10-11,19H,9H2,1H3. The second-order valence-corrected chi connectivity index (χ2v) is 5.68. The van der Waals surface area contributed by atoms with Gasteiger partial charge in [-0.05, 0) is 36.2 Å². The summed E-state index contributed by atoms with van der Waals surface area (Å²) >= 11 is 3.59. The van der Waals surface area contributed by atoms with Gasteiger partial charge in [0.1, 0.15) is 12.1 Å². The molecular weight excluding hydrogens is 328 g/mol. The molecule has 21 heavy (non-hydrogen) atoms. The third-order valence-electron chi connectivity index (χ3n) is 3.21. The Morgan fingerprint density at radius 3 is 2.81 bits per heavy atom. The van der Waals surface area contributed by atoms with E-state index in [1.807, 2.05) is 29.1 Å². The van der Waals surface area contributed by atoms with E-state index in [9.17, 15) is 0 Å². The summed E-state index contributed by atoms with van der Waals surface area (Å²) in [5.41, 5.74) is 3.46. The molecule has 0 unspecified atom stereocenters. The van der Waals surface area contributed by atoms with Crippen LogP contribution < -0.4 is 5.32 Å². The van der Waals surface area contributed by atoms with Gasteiger partial charge in [0, 0.05) is 23.4 Å². The maximum absolute atomic E-state index is 4.42. The van der Waals surface area contributed by atoms with Crippen molar-refractivity contribution in [2.24, 2.45) is 0 Å². The fourth-order valence-electron chi connectivity index (χ4n) is 2.03. The second-order valence-electron chi connectivity index (χ2n) is 4.82. The predicted octanol–water partition coefficient (Wildman–Crippen LogP) is 3.95. The molecule has 1 N–H and O–H groups in total. The van der Waals surface area contributed by atoms with E-state index in [1.54, 1.807) is 12.5 Å². The summed E-state index contributed by atoms with van der Waals surface area (Å²) in [6.07, 6.45) is 7.18. The van der Waals surface area contributed by atoms with Gasteiger partial charge in [-0.25, -0.2) is 9.97 Å². The molecule has 0 aliphatic heterocycles. The van der Waals surface area contributed by atoms with Crippen LogP contribution in [0.1, 0.15) is 11.1 Å². The lowest BCUT2D eigenvalue weighted by Gasteiger charge is -2.09. The third-order valence-corrected chi connectivity index (χ3v) is 3.95. The van der Waals surface area contributed by atoms with Gasteiger partial charge in [-0.1, -0.05) is 28.1 Å². The lowest BCUT2D eigenvalue weighted by Crippen LogP contribution is -2.02. The number of anilines is 1. The van der Waals surface area contributed by atoms with Gasteiger partial charge in [0.2, 0.25) is 0 Å². The summed E-state index contributed by atoms with van der Waals surface area (Å²) in [4.78, 5) is 8.43. The molecule has 1 aromatic carbocycles. The fourth-order valence-corrected chi connectivity index (χ4v) is 2.66. The largest absolute Gasteiger partial charge is 0.380 e. The molecule has 0 radical (unpaired) electrons. The molecular formula is C16H15BrN4. The zero-order valence-corrected chi connectivity index (χ0v) is 13.2. The first-order valence-corrected chi connectivity index (χ1v) is 7.45. The summed E-state index contributed by atoms with van der Waals surface area (Å²) in [5, 5.41) is 3.38. The molecule has 2 heterocycles. The van der Waals surface area contributed by atoms with Gasteiger partial charge < -0.3 is 5.32 Å². The molecule has 3 aromatic rings. The van der Waals surface area contributed by atoms with Crippen LogP contribution in [0.5, 0.6) is 0 Å². The predicted molar refractivity (Wildman–Crippen MR) is 87.6 cm³/mol. The van der Waals surface area contributed by atoms with Crippen LogP contribution in [0.3, 0.4) is 0 Å². The van der Waals surface area contributed by atoms with Crippen molar-refractivity contribution in [3.05, 3.63) is 70.8 Å². The summed E-state index contributed by atoms with van der Waals surface area (Å²) in [6.45, 7) is 2.84. The maximum atomic E-state index is 4.42. The van der Waals surface area contributed by atoms with Gasteiger partial charge in [-0.3, -0.25) is 4.57 Å². The number of pyridine rings is 1. The van der Waals surface area contributed by atoms with Crippen molar-refractivity contribution in [3.8, 4) is 5.82 Å². The number of benzene rings is 1. The topological polar surface area (TPSA) is 42.7 Å². The molecule has 2 aromatic heterocycles. The van der Waals surface area contributed by atoms with Gasteiger partial charge in [-0.2, -0.15) is 0 Å². The lowest BCUT2D eigenvalue weighted by atomic mass is 10.1. The van der Waals surface area contributed by atoms with E-state index in [0.29, 0.717) is 0 Å². The number of hydrogen-bond acceptors (Lipinski definition) is 3. The number of nitrogens with zero attached hydrogens (tertiary/aromatic N) is 3.